The number of ketones is 1. The zero-order valence-electron chi connectivity index (χ0n) is 16.7. The lowest BCUT2D eigenvalue weighted by Crippen LogP contribution is -2.34. The third kappa shape index (κ3) is 7.28. The normalized spacial score (nSPS) is 21.8. The van der Waals surface area contributed by atoms with Gasteiger partial charge >= 0.3 is 5.97 Å². The zero-order chi connectivity index (χ0) is 20.4. The van der Waals surface area contributed by atoms with Crippen molar-refractivity contribution in [3.05, 3.63) is 66.3 Å². The van der Waals surface area contributed by atoms with Gasteiger partial charge < -0.3 is 9.84 Å². The van der Waals surface area contributed by atoms with E-state index in [2.05, 4.69) is 6.92 Å². The third-order valence-corrected chi connectivity index (χ3v) is 5.03. The molecule has 150 valence electrons. The highest BCUT2D eigenvalue weighted by Gasteiger charge is 2.30. The number of ether oxygens (including phenoxy) is 1. The van der Waals surface area contributed by atoms with Crippen LogP contribution in [0.1, 0.15) is 45.1 Å². The minimum absolute atomic E-state index is 0.0155. The summed E-state index contributed by atoms with van der Waals surface area (Å²) < 4.78 is 5.46. The topological polar surface area (TPSA) is 63.6 Å². The third-order valence-electron chi connectivity index (χ3n) is 5.03. The molecule has 0 amide bonds. The Balaban J connectivity index is 1.73. The van der Waals surface area contributed by atoms with Gasteiger partial charge in [-0.15, -0.1) is 0 Å². The van der Waals surface area contributed by atoms with Crippen molar-refractivity contribution < 1.29 is 19.4 Å². The first-order valence-electron chi connectivity index (χ1n) is 9.98. The molecule has 0 radical (unpaired) electrons. The second-order valence-corrected chi connectivity index (χ2v) is 7.31. The molecule has 1 aromatic carbocycles. The van der Waals surface area contributed by atoms with Gasteiger partial charge in [-0.1, -0.05) is 74.6 Å². The summed E-state index contributed by atoms with van der Waals surface area (Å²) in [6, 6.07) is 9.87. The molecular weight excluding hydrogens is 352 g/mol. The number of hydrogen-bond donors (Lipinski definition) is 1. The molecule has 1 N–H and O–H groups in total. The van der Waals surface area contributed by atoms with E-state index in [0.717, 1.165) is 12.0 Å². The molecule has 4 atom stereocenters. The summed E-state index contributed by atoms with van der Waals surface area (Å²) in [5, 5.41) is 10.0. The van der Waals surface area contributed by atoms with E-state index >= 15 is 0 Å². The summed E-state index contributed by atoms with van der Waals surface area (Å²) >= 11 is 0. The van der Waals surface area contributed by atoms with Gasteiger partial charge in [-0.05, 0) is 24.3 Å². The van der Waals surface area contributed by atoms with Crippen molar-refractivity contribution in [1.29, 1.82) is 0 Å². The van der Waals surface area contributed by atoms with Gasteiger partial charge in [0.15, 0.2) is 0 Å². The van der Waals surface area contributed by atoms with E-state index in [1.165, 1.54) is 6.08 Å². The van der Waals surface area contributed by atoms with E-state index in [4.69, 9.17) is 4.74 Å². The number of esters is 1. The number of Topliss-reactive ketones (excluding diaryl/α,β-unsaturated/α-hetero) is 1. The van der Waals surface area contributed by atoms with Crippen LogP contribution in [0.4, 0.5) is 0 Å². The van der Waals surface area contributed by atoms with E-state index in [1.54, 1.807) is 12.2 Å². The molecule has 0 fully saturated rings. The Morgan fingerprint density at radius 1 is 1.25 bits per heavy atom. The number of aliphatic hydroxyl groups is 1. The summed E-state index contributed by atoms with van der Waals surface area (Å²) in [7, 11) is 0. The van der Waals surface area contributed by atoms with Gasteiger partial charge in [0.25, 0.3) is 0 Å². The predicted molar refractivity (Wildman–Crippen MR) is 111 cm³/mol. The van der Waals surface area contributed by atoms with Gasteiger partial charge in [0.05, 0.1) is 6.10 Å². The van der Waals surface area contributed by atoms with Crippen molar-refractivity contribution in [1.82, 2.24) is 0 Å². The van der Waals surface area contributed by atoms with Crippen molar-refractivity contribution in [2.75, 3.05) is 0 Å². The number of rotatable bonds is 10. The first-order chi connectivity index (χ1) is 13.5. The predicted octanol–water partition coefficient (Wildman–Crippen LogP) is 4.50. The van der Waals surface area contributed by atoms with Gasteiger partial charge in [-0.25, -0.2) is 4.79 Å². The molecule has 0 bridgehead atoms. The highest BCUT2D eigenvalue weighted by molar-refractivity contribution is 5.83. The Bertz CT molecular complexity index is 717. The highest BCUT2D eigenvalue weighted by atomic mass is 16.5. The number of allylic oxidation sites excluding steroid dienone is 2. The molecule has 0 aliphatic carbocycles. The first-order valence-corrected chi connectivity index (χ1v) is 9.98. The standard InChI is InChI=1S/C24H30O4/c1-3-20-14-16-23(27)28-24(20)18(2)13-15-22(26)17-21(25)12-8-7-11-19-9-5-4-6-10-19/h4-12,14,16,18,20-21,24-25H,3,13,15,17H2,1-2H3/b11-7+,12-8+/t18-,20-,21-,24-/m1/s1. The van der Waals surface area contributed by atoms with Gasteiger partial charge in [-0.3, -0.25) is 4.79 Å². The van der Waals surface area contributed by atoms with Crippen LogP contribution in [0.2, 0.25) is 0 Å². The van der Waals surface area contributed by atoms with Crippen LogP contribution in [0.3, 0.4) is 0 Å². The van der Waals surface area contributed by atoms with Crippen LogP contribution in [-0.2, 0) is 14.3 Å². The van der Waals surface area contributed by atoms with Crippen LogP contribution in [0.5, 0.6) is 0 Å². The van der Waals surface area contributed by atoms with Gasteiger partial charge in [0, 0.05) is 24.8 Å². The Morgan fingerprint density at radius 3 is 2.71 bits per heavy atom. The second kappa shape index (κ2) is 11.4. The zero-order valence-corrected chi connectivity index (χ0v) is 16.7. The lowest BCUT2D eigenvalue weighted by Gasteiger charge is -2.31. The van der Waals surface area contributed by atoms with E-state index in [0.29, 0.717) is 12.8 Å². The molecular formula is C24H30O4. The molecule has 0 saturated carbocycles. The van der Waals surface area contributed by atoms with E-state index in [9.17, 15) is 14.7 Å². The number of hydrogen-bond acceptors (Lipinski definition) is 4. The molecule has 0 saturated heterocycles. The van der Waals surface area contributed by atoms with Gasteiger partial charge in [-0.2, -0.15) is 0 Å². The molecule has 28 heavy (non-hydrogen) atoms. The molecule has 1 aliphatic rings. The first kappa shape index (κ1) is 21.8. The minimum atomic E-state index is -0.790. The molecule has 0 spiro atoms. The summed E-state index contributed by atoms with van der Waals surface area (Å²) in [5.74, 6) is 0.00998. The van der Waals surface area contributed by atoms with E-state index < -0.39 is 6.10 Å². The summed E-state index contributed by atoms with van der Waals surface area (Å²) in [6.45, 7) is 4.08. The molecule has 4 nitrogen and oxygen atoms in total. The van der Waals surface area contributed by atoms with Gasteiger partial charge in [0.2, 0.25) is 0 Å². The van der Waals surface area contributed by atoms with E-state index in [1.807, 2.05) is 55.5 Å². The lowest BCUT2D eigenvalue weighted by molar-refractivity contribution is -0.150. The number of benzene rings is 1. The maximum atomic E-state index is 12.2. The lowest BCUT2D eigenvalue weighted by atomic mass is 9.85. The average Bonchev–Trinajstić information content (AvgIpc) is 2.70. The average molecular weight is 382 g/mol. The minimum Gasteiger partial charge on any atom is -0.458 e. The fourth-order valence-electron chi connectivity index (χ4n) is 3.36. The SMILES string of the molecule is CC[C@@H]1C=CC(=O)O[C@@H]1[C@H](C)CCC(=O)C[C@H](O)/C=C/C=C/c1ccccc1. The summed E-state index contributed by atoms with van der Waals surface area (Å²) in [6.07, 6.45) is 11.6. The van der Waals surface area contributed by atoms with Crippen molar-refractivity contribution in [3.8, 4) is 0 Å². The number of aliphatic hydroxyl groups excluding tert-OH is 1. The maximum absolute atomic E-state index is 12.2. The van der Waals surface area contributed by atoms with Crippen molar-refractivity contribution in [2.24, 2.45) is 11.8 Å². The van der Waals surface area contributed by atoms with Crippen LogP contribution in [-0.4, -0.2) is 29.1 Å². The molecule has 1 aromatic rings. The monoisotopic (exact) mass is 382 g/mol. The van der Waals surface area contributed by atoms with Gasteiger partial charge in [0.1, 0.15) is 11.9 Å². The molecule has 1 aliphatic heterocycles. The van der Waals surface area contributed by atoms with Crippen molar-refractivity contribution >= 4 is 17.8 Å². The number of cyclic esters (lactones) is 1. The van der Waals surface area contributed by atoms with Crippen LogP contribution >= 0.6 is 0 Å². The smallest absolute Gasteiger partial charge is 0.330 e. The van der Waals surface area contributed by atoms with Crippen LogP contribution < -0.4 is 0 Å². The van der Waals surface area contributed by atoms with Crippen molar-refractivity contribution in [2.45, 2.75) is 51.7 Å². The summed E-state index contributed by atoms with van der Waals surface area (Å²) in [4.78, 5) is 23.7. The Kier molecular flexibility index (Phi) is 8.89. The molecule has 1 heterocycles. The second-order valence-electron chi connectivity index (χ2n) is 7.31. The molecule has 0 aromatic heterocycles. The van der Waals surface area contributed by atoms with Crippen LogP contribution in [0, 0.1) is 11.8 Å². The van der Waals surface area contributed by atoms with Crippen LogP contribution in [0.25, 0.3) is 6.08 Å². The highest BCUT2D eigenvalue weighted by Crippen LogP contribution is 2.28. The van der Waals surface area contributed by atoms with Crippen LogP contribution in [0.15, 0.2) is 60.7 Å². The fourth-order valence-corrected chi connectivity index (χ4v) is 3.36. The molecule has 4 heteroatoms. The molecule has 0 unspecified atom stereocenters. The quantitative estimate of drug-likeness (QED) is 0.478. The van der Waals surface area contributed by atoms with Crippen molar-refractivity contribution in [3.63, 3.8) is 0 Å². The number of carbonyl (C=O) groups excluding carboxylic acids is 2. The summed E-state index contributed by atoms with van der Waals surface area (Å²) in [5.41, 5.74) is 1.08. The molecule has 2 rings (SSSR count). The Morgan fingerprint density at radius 2 is 2.00 bits per heavy atom. The fraction of sp³-hybridized carbons (Fsp3) is 0.417. The number of carbonyl (C=O) groups is 2. The Labute approximate surface area is 167 Å². The maximum Gasteiger partial charge on any atom is 0.330 e. The largest absolute Gasteiger partial charge is 0.458 e. The van der Waals surface area contributed by atoms with E-state index in [-0.39, 0.29) is 36.1 Å². The Hall–Kier alpha value is -2.46.